The number of fused-ring (bicyclic) bond motifs is 1. The lowest BCUT2D eigenvalue weighted by atomic mass is 9.38. The lowest BCUT2D eigenvalue weighted by molar-refractivity contribution is -0.162. The van der Waals surface area contributed by atoms with E-state index >= 15 is 0 Å². The molecule has 6 rings (SSSR count). The number of aryl methyl sites for hydroxylation is 1. The Morgan fingerprint density at radius 1 is 1.17 bits per heavy atom. The van der Waals surface area contributed by atoms with Gasteiger partial charge in [0.25, 0.3) is 5.91 Å². The number of carbonyl (C=O) groups is 2. The molecule has 3 aromatic rings. The maximum Gasteiger partial charge on any atom is 0.255 e. The van der Waals surface area contributed by atoms with Gasteiger partial charge in [-0.1, -0.05) is 29.8 Å². The van der Waals surface area contributed by atoms with Crippen LogP contribution in [0.1, 0.15) is 41.6 Å². The Labute approximate surface area is 179 Å². The van der Waals surface area contributed by atoms with Gasteiger partial charge in [0.05, 0.1) is 5.56 Å². The fourth-order valence-corrected chi connectivity index (χ4v) is 5.24. The van der Waals surface area contributed by atoms with Crippen molar-refractivity contribution in [1.29, 1.82) is 0 Å². The van der Waals surface area contributed by atoms with Crippen LogP contribution < -0.4 is 10.1 Å². The molecule has 0 unspecified atom stereocenters. The summed E-state index contributed by atoms with van der Waals surface area (Å²) in [6, 6.07) is 12.9. The third kappa shape index (κ3) is 3.27. The Kier molecular flexibility index (Phi) is 4.40. The summed E-state index contributed by atoms with van der Waals surface area (Å²) in [5, 5.41) is 4.67. The summed E-state index contributed by atoms with van der Waals surface area (Å²) in [4.78, 5) is 25.1. The van der Waals surface area contributed by atoms with E-state index < -0.39 is 0 Å². The van der Waals surface area contributed by atoms with Gasteiger partial charge in [-0.3, -0.25) is 9.59 Å². The summed E-state index contributed by atoms with van der Waals surface area (Å²) in [5.74, 6) is 0.628. The summed E-state index contributed by atoms with van der Waals surface area (Å²) in [6.07, 6.45) is 4.53. The molecule has 3 aliphatic carbocycles. The van der Waals surface area contributed by atoms with E-state index in [2.05, 4.69) is 5.32 Å². The summed E-state index contributed by atoms with van der Waals surface area (Å²) >= 11 is 6.01. The van der Waals surface area contributed by atoms with Gasteiger partial charge >= 0.3 is 0 Å². The number of Topliss-reactive ketones (excluding diaryl/α,β-unsaturated/α-hetero) is 1. The second-order valence-corrected chi connectivity index (χ2v) is 9.23. The highest BCUT2D eigenvalue weighted by Gasteiger charge is 2.68. The second kappa shape index (κ2) is 6.88. The highest BCUT2D eigenvalue weighted by atomic mass is 35.5. The molecule has 0 atom stereocenters. The molecule has 1 aromatic heterocycles. The molecule has 3 fully saturated rings. The molecule has 0 spiro atoms. The first-order valence-corrected chi connectivity index (χ1v) is 10.4. The van der Waals surface area contributed by atoms with Crippen molar-refractivity contribution in [3.8, 4) is 5.75 Å². The summed E-state index contributed by atoms with van der Waals surface area (Å²) in [7, 11) is 0. The highest BCUT2D eigenvalue weighted by molar-refractivity contribution is 6.31. The average Bonchev–Trinajstić information content (AvgIpc) is 3.10. The largest absolute Gasteiger partial charge is 0.486 e. The zero-order valence-corrected chi connectivity index (χ0v) is 17.4. The van der Waals surface area contributed by atoms with E-state index in [4.69, 9.17) is 20.8 Å². The summed E-state index contributed by atoms with van der Waals surface area (Å²) in [5.41, 5.74) is 2.03. The number of rotatable bonds is 7. The molecular weight excluding hydrogens is 402 g/mol. The third-order valence-corrected chi connectivity index (χ3v) is 6.77. The van der Waals surface area contributed by atoms with Gasteiger partial charge in [-0.2, -0.15) is 0 Å². The van der Waals surface area contributed by atoms with Gasteiger partial charge in [0.15, 0.2) is 5.78 Å². The molecule has 154 valence electrons. The van der Waals surface area contributed by atoms with E-state index in [1.54, 1.807) is 12.1 Å². The molecule has 0 aliphatic heterocycles. The van der Waals surface area contributed by atoms with Crippen molar-refractivity contribution >= 4 is 34.3 Å². The predicted octanol–water partition coefficient (Wildman–Crippen LogP) is 5.09. The Balaban J connectivity index is 1.13. The van der Waals surface area contributed by atoms with Crippen LogP contribution in [0.5, 0.6) is 5.75 Å². The minimum atomic E-state index is -0.177. The number of halogens is 1. The Hall–Kier alpha value is -2.79. The molecule has 1 amide bonds. The van der Waals surface area contributed by atoms with Gasteiger partial charge in [0.2, 0.25) is 0 Å². The van der Waals surface area contributed by atoms with E-state index in [-0.39, 0.29) is 29.3 Å². The predicted molar refractivity (Wildman–Crippen MR) is 114 cm³/mol. The quantitative estimate of drug-likeness (QED) is 0.575. The molecule has 0 saturated heterocycles. The topological polar surface area (TPSA) is 68.5 Å². The number of nitrogens with one attached hydrogen (secondary N) is 1. The monoisotopic (exact) mass is 423 g/mol. The van der Waals surface area contributed by atoms with Gasteiger partial charge in [0.1, 0.15) is 24.2 Å². The molecule has 6 heteroatoms. The second-order valence-electron chi connectivity index (χ2n) is 8.83. The first-order chi connectivity index (χ1) is 14.4. The van der Waals surface area contributed by atoms with Crippen molar-refractivity contribution in [3.05, 3.63) is 64.9 Å². The van der Waals surface area contributed by atoms with Crippen LogP contribution >= 0.6 is 11.6 Å². The number of furan rings is 1. The number of amides is 1. The highest BCUT2D eigenvalue weighted by Crippen LogP contribution is 2.69. The Bertz CT molecular complexity index is 1150. The molecule has 5 nitrogen and oxygen atoms in total. The van der Waals surface area contributed by atoms with Crippen LogP contribution in [0.25, 0.3) is 11.0 Å². The van der Waals surface area contributed by atoms with E-state index in [1.807, 2.05) is 37.3 Å². The zero-order valence-electron chi connectivity index (χ0n) is 16.7. The minimum absolute atomic E-state index is 0.0160. The van der Waals surface area contributed by atoms with Gasteiger partial charge in [0, 0.05) is 22.4 Å². The van der Waals surface area contributed by atoms with Crippen LogP contribution in [0.2, 0.25) is 5.02 Å². The van der Waals surface area contributed by atoms with Crippen LogP contribution in [-0.2, 0) is 4.79 Å². The summed E-state index contributed by atoms with van der Waals surface area (Å²) in [6.45, 7) is 1.96. The molecule has 1 N–H and O–H groups in total. The lowest BCUT2D eigenvalue weighted by Gasteiger charge is -2.70. The van der Waals surface area contributed by atoms with Gasteiger partial charge in [-0.25, -0.2) is 0 Å². The van der Waals surface area contributed by atoms with Crippen molar-refractivity contribution in [1.82, 2.24) is 5.32 Å². The molecule has 0 radical (unpaired) electrons. The third-order valence-electron chi connectivity index (χ3n) is 6.35. The van der Waals surface area contributed by atoms with Crippen LogP contribution in [0, 0.1) is 12.3 Å². The average molecular weight is 424 g/mol. The number of ether oxygens (including phenoxy) is 1. The molecule has 30 heavy (non-hydrogen) atoms. The molecule has 3 aliphatic rings. The van der Waals surface area contributed by atoms with Crippen molar-refractivity contribution in [2.24, 2.45) is 5.41 Å². The number of hydrogen-bond acceptors (Lipinski definition) is 4. The maximum atomic E-state index is 12.7. The molecule has 1 heterocycles. The normalized spacial score (nSPS) is 24.1. The molecular formula is C24H22ClNO4. The number of ketones is 1. The zero-order chi connectivity index (χ0) is 20.9. The van der Waals surface area contributed by atoms with Crippen LogP contribution in [0.3, 0.4) is 0 Å². The number of carbonyl (C=O) groups excluding carboxylic acids is 2. The maximum absolute atomic E-state index is 12.7. The Morgan fingerprint density at radius 3 is 2.70 bits per heavy atom. The van der Waals surface area contributed by atoms with E-state index in [0.717, 1.165) is 30.2 Å². The van der Waals surface area contributed by atoms with Crippen molar-refractivity contribution in [2.75, 3.05) is 6.61 Å². The Morgan fingerprint density at radius 2 is 1.93 bits per heavy atom. The van der Waals surface area contributed by atoms with Gasteiger partial charge < -0.3 is 14.5 Å². The molecule has 2 bridgehead atoms. The van der Waals surface area contributed by atoms with Crippen LogP contribution in [0.4, 0.5) is 0 Å². The van der Waals surface area contributed by atoms with Crippen molar-refractivity contribution in [3.63, 3.8) is 0 Å². The smallest absolute Gasteiger partial charge is 0.255 e. The fourth-order valence-electron chi connectivity index (χ4n) is 5.12. The molecule has 3 saturated carbocycles. The van der Waals surface area contributed by atoms with E-state index in [9.17, 15) is 9.59 Å². The number of benzene rings is 2. The minimum Gasteiger partial charge on any atom is -0.486 e. The number of para-hydroxylation sites is 1. The standard InChI is InChI=1S/C24H22ClNO4/c1-15-8-17(6-7-20(15)25)29-10-16(27)9-23-12-24(13-23,14-23)26-22(28)19-11-30-21-5-3-2-4-18(19)21/h2-8,11H,9-10,12-14H2,1H3,(H,26,28). The fraction of sp³-hybridized carbons (Fsp3) is 0.333. The van der Waals surface area contributed by atoms with Crippen molar-refractivity contribution < 1.29 is 18.7 Å². The lowest BCUT2D eigenvalue weighted by Crippen LogP contribution is -2.75. The van der Waals surface area contributed by atoms with Crippen LogP contribution in [0.15, 0.2) is 53.1 Å². The van der Waals surface area contributed by atoms with Crippen LogP contribution in [-0.4, -0.2) is 23.8 Å². The van der Waals surface area contributed by atoms with Crippen molar-refractivity contribution in [2.45, 2.75) is 38.1 Å². The van der Waals surface area contributed by atoms with E-state index in [1.165, 1.54) is 6.26 Å². The first-order valence-electron chi connectivity index (χ1n) is 10.1. The summed E-state index contributed by atoms with van der Waals surface area (Å²) < 4.78 is 11.1. The van der Waals surface area contributed by atoms with Gasteiger partial charge in [-0.05, 0) is 61.4 Å². The first kappa shape index (κ1) is 19.2. The molecule has 2 aromatic carbocycles. The van der Waals surface area contributed by atoms with Gasteiger partial charge in [-0.15, -0.1) is 0 Å². The number of hydrogen-bond donors (Lipinski definition) is 1. The van der Waals surface area contributed by atoms with E-state index in [0.29, 0.717) is 28.3 Å². The SMILES string of the molecule is Cc1cc(OCC(=O)CC23CC(NC(=O)c4coc5ccccc45)(C2)C3)ccc1Cl.